The average Bonchev–Trinajstić information content (AvgIpc) is 2.50. The third-order valence-corrected chi connectivity index (χ3v) is 3.96. The minimum absolute atomic E-state index is 0.108. The van der Waals surface area contributed by atoms with Gasteiger partial charge in [-0.2, -0.15) is 0 Å². The highest BCUT2D eigenvalue weighted by molar-refractivity contribution is 6.30. The van der Waals surface area contributed by atoms with Gasteiger partial charge in [-0.15, -0.1) is 0 Å². The Morgan fingerprint density at radius 1 is 1.19 bits per heavy atom. The predicted molar refractivity (Wildman–Crippen MR) is 86.8 cm³/mol. The van der Waals surface area contributed by atoms with E-state index in [4.69, 9.17) is 11.6 Å². The molecule has 3 rings (SSSR count). The summed E-state index contributed by atoms with van der Waals surface area (Å²) in [6, 6.07) is 15.4. The Hall–Kier alpha value is -2.00. The molecular formula is C17H17ClN2O. The fraction of sp³-hybridized carbons (Fsp3) is 0.235. The van der Waals surface area contributed by atoms with Gasteiger partial charge in [-0.25, -0.2) is 0 Å². The standard InChI is InChI=1S/C17H17ClN2O/c1-2-14-17(21)20(11-12-6-5-7-13(18)10-12)16-9-4-3-8-15(16)19-14/h3-10,14,19H,2,11H2,1H3. The van der Waals surface area contributed by atoms with Gasteiger partial charge < -0.3 is 10.2 Å². The number of fused-ring (bicyclic) bond motifs is 1. The van der Waals surface area contributed by atoms with Crippen molar-refractivity contribution in [1.29, 1.82) is 0 Å². The molecule has 0 saturated heterocycles. The Morgan fingerprint density at radius 3 is 2.76 bits per heavy atom. The van der Waals surface area contributed by atoms with E-state index < -0.39 is 0 Å². The summed E-state index contributed by atoms with van der Waals surface area (Å²) in [5.74, 6) is 0.108. The second kappa shape index (κ2) is 5.78. The van der Waals surface area contributed by atoms with Crippen molar-refractivity contribution >= 4 is 28.9 Å². The van der Waals surface area contributed by atoms with E-state index in [0.717, 1.165) is 23.4 Å². The highest BCUT2D eigenvalue weighted by Gasteiger charge is 2.30. The van der Waals surface area contributed by atoms with E-state index in [1.165, 1.54) is 0 Å². The summed E-state index contributed by atoms with van der Waals surface area (Å²) in [5, 5.41) is 4.00. The van der Waals surface area contributed by atoms with E-state index in [2.05, 4.69) is 5.32 Å². The van der Waals surface area contributed by atoms with Gasteiger partial charge in [0.15, 0.2) is 0 Å². The van der Waals surface area contributed by atoms with Gasteiger partial charge in [-0.05, 0) is 36.2 Å². The lowest BCUT2D eigenvalue weighted by atomic mass is 10.1. The smallest absolute Gasteiger partial charge is 0.249 e. The lowest BCUT2D eigenvalue weighted by Gasteiger charge is -2.35. The van der Waals surface area contributed by atoms with Crippen LogP contribution in [0.25, 0.3) is 0 Å². The van der Waals surface area contributed by atoms with Gasteiger partial charge in [0.25, 0.3) is 0 Å². The van der Waals surface area contributed by atoms with Crippen molar-refractivity contribution in [1.82, 2.24) is 0 Å². The molecule has 0 bridgehead atoms. The van der Waals surface area contributed by atoms with E-state index in [1.807, 2.05) is 60.4 Å². The zero-order valence-electron chi connectivity index (χ0n) is 11.8. The Bertz CT molecular complexity index is 671. The van der Waals surface area contributed by atoms with Crippen molar-refractivity contribution in [3.63, 3.8) is 0 Å². The first-order valence-electron chi connectivity index (χ1n) is 7.10. The van der Waals surface area contributed by atoms with Crippen molar-refractivity contribution in [2.45, 2.75) is 25.9 Å². The summed E-state index contributed by atoms with van der Waals surface area (Å²) < 4.78 is 0. The number of nitrogens with zero attached hydrogens (tertiary/aromatic N) is 1. The molecule has 3 nitrogen and oxygen atoms in total. The second-order valence-electron chi connectivity index (χ2n) is 5.18. The molecule has 1 amide bonds. The maximum atomic E-state index is 12.6. The lowest BCUT2D eigenvalue weighted by Crippen LogP contribution is -2.46. The fourth-order valence-corrected chi connectivity index (χ4v) is 2.86. The number of hydrogen-bond donors (Lipinski definition) is 1. The first-order chi connectivity index (χ1) is 10.2. The summed E-state index contributed by atoms with van der Waals surface area (Å²) in [4.78, 5) is 14.5. The van der Waals surface area contributed by atoms with Gasteiger partial charge in [0, 0.05) is 5.02 Å². The first kappa shape index (κ1) is 14.0. The van der Waals surface area contributed by atoms with Crippen LogP contribution in [-0.2, 0) is 11.3 Å². The Balaban J connectivity index is 1.97. The Kier molecular flexibility index (Phi) is 3.84. The zero-order valence-corrected chi connectivity index (χ0v) is 12.6. The van der Waals surface area contributed by atoms with Gasteiger partial charge >= 0.3 is 0 Å². The molecule has 1 N–H and O–H groups in total. The molecule has 1 atom stereocenters. The number of amides is 1. The zero-order chi connectivity index (χ0) is 14.8. The fourth-order valence-electron chi connectivity index (χ4n) is 2.65. The van der Waals surface area contributed by atoms with Crippen LogP contribution in [0.2, 0.25) is 5.02 Å². The van der Waals surface area contributed by atoms with Gasteiger partial charge in [0.05, 0.1) is 17.9 Å². The SMILES string of the molecule is CCC1Nc2ccccc2N(Cc2cccc(Cl)c2)C1=O. The highest BCUT2D eigenvalue weighted by atomic mass is 35.5. The topological polar surface area (TPSA) is 32.3 Å². The normalized spacial score (nSPS) is 17.3. The van der Waals surface area contributed by atoms with Gasteiger partial charge in [0.1, 0.15) is 6.04 Å². The van der Waals surface area contributed by atoms with E-state index >= 15 is 0 Å². The van der Waals surface area contributed by atoms with Crippen LogP contribution in [0.15, 0.2) is 48.5 Å². The largest absolute Gasteiger partial charge is 0.372 e. The Labute approximate surface area is 129 Å². The number of carbonyl (C=O) groups is 1. The van der Waals surface area contributed by atoms with Crippen molar-refractivity contribution in [2.24, 2.45) is 0 Å². The number of rotatable bonds is 3. The number of anilines is 2. The number of hydrogen-bond acceptors (Lipinski definition) is 2. The minimum atomic E-state index is -0.168. The number of nitrogens with one attached hydrogen (secondary N) is 1. The van der Waals surface area contributed by atoms with Crippen LogP contribution in [-0.4, -0.2) is 11.9 Å². The van der Waals surface area contributed by atoms with Crippen molar-refractivity contribution in [3.05, 3.63) is 59.1 Å². The summed E-state index contributed by atoms with van der Waals surface area (Å²) in [5.41, 5.74) is 2.96. The van der Waals surface area contributed by atoms with E-state index in [9.17, 15) is 4.79 Å². The number of carbonyl (C=O) groups excluding carboxylic acids is 1. The molecule has 2 aromatic rings. The number of para-hydroxylation sites is 2. The van der Waals surface area contributed by atoms with Gasteiger partial charge in [-0.1, -0.05) is 42.8 Å². The van der Waals surface area contributed by atoms with Crippen LogP contribution >= 0.6 is 11.6 Å². The molecule has 1 unspecified atom stereocenters. The molecule has 0 spiro atoms. The summed E-state index contributed by atoms with van der Waals surface area (Å²) in [6.07, 6.45) is 0.763. The van der Waals surface area contributed by atoms with E-state index in [-0.39, 0.29) is 11.9 Å². The summed E-state index contributed by atoms with van der Waals surface area (Å²) in [6.45, 7) is 2.55. The van der Waals surface area contributed by atoms with Crippen LogP contribution in [0.4, 0.5) is 11.4 Å². The molecule has 2 aromatic carbocycles. The number of halogens is 1. The molecule has 1 heterocycles. The van der Waals surface area contributed by atoms with E-state index in [0.29, 0.717) is 11.6 Å². The molecule has 0 saturated carbocycles. The van der Waals surface area contributed by atoms with Crippen molar-refractivity contribution in [2.75, 3.05) is 10.2 Å². The maximum Gasteiger partial charge on any atom is 0.249 e. The van der Waals surface area contributed by atoms with Crippen LogP contribution < -0.4 is 10.2 Å². The third kappa shape index (κ3) is 2.74. The molecule has 1 aliphatic heterocycles. The monoisotopic (exact) mass is 300 g/mol. The molecule has 108 valence electrons. The maximum absolute atomic E-state index is 12.6. The third-order valence-electron chi connectivity index (χ3n) is 3.73. The molecule has 21 heavy (non-hydrogen) atoms. The molecular weight excluding hydrogens is 284 g/mol. The van der Waals surface area contributed by atoms with Crippen molar-refractivity contribution < 1.29 is 4.79 Å². The van der Waals surface area contributed by atoms with E-state index in [1.54, 1.807) is 0 Å². The van der Waals surface area contributed by atoms with Crippen LogP contribution in [0.3, 0.4) is 0 Å². The quantitative estimate of drug-likeness (QED) is 0.926. The van der Waals surface area contributed by atoms with Crippen LogP contribution in [0.1, 0.15) is 18.9 Å². The highest BCUT2D eigenvalue weighted by Crippen LogP contribution is 2.33. The molecule has 0 fully saturated rings. The average molecular weight is 301 g/mol. The molecule has 0 aliphatic carbocycles. The first-order valence-corrected chi connectivity index (χ1v) is 7.48. The van der Waals surface area contributed by atoms with Crippen LogP contribution in [0, 0.1) is 0 Å². The van der Waals surface area contributed by atoms with Gasteiger partial charge in [0.2, 0.25) is 5.91 Å². The van der Waals surface area contributed by atoms with Crippen molar-refractivity contribution in [3.8, 4) is 0 Å². The molecule has 0 aromatic heterocycles. The Morgan fingerprint density at radius 2 is 2.00 bits per heavy atom. The van der Waals surface area contributed by atoms with Gasteiger partial charge in [-0.3, -0.25) is 4.79 Å². The minimum Gasteiger partial charge on any atom is -0.372 e. The lowest BCUT2D eigenvalue weighted by molar-refractivity contribution is -0.119. The summed E-state index contributed by atoms with van der Waals surface area (Å²) in [7, 11) is 0. The van der Waals surface area contributed by atoms with Crippen LogP contribution in [0.5, 0.6) is 0 Å². The molecule has 1 aliphatic rings. The number of benzene rings is 2. The summed E-state index contributed by atoms with van der Waals surface area (Å²) >= 11 is 6.04. The molecule has 0 radical (unpaired) electrons. The molecule has 4 heteroatoms. The predicted octanol–water partition coefficient (Wildman–Crippen LogP) is 4.08. The second-order valence-corrected chi connectivity index (χ2v) is 5.61.